The first-order chi connectivity index (χ1) is 9.11. The molecule has 1 aromatic carbocycles. The molecule has 1 saturated heterocycles. The van der Waals surface area contributed by atoms with Gasteiger partial charge in [0.05, 0.1) is 12.0 Å². The Morgan fingerprint density at radius 3 is 2.79 bits per heavy atom. The number of imide groups is 1. The maximum Gasteiger partial charge on any atom is 0.324 e. The molecule has 1 aromatic rings. The first-order valence-corrected chi connectivity index (χ1v) is 6.78. The Labute approximate surface area is 112 Å². The summed E-state index contributed by atoms with van der Waals surface area (Å²) >= 11 is 0. The number of carbonyl (C=O) groups excluding carboxylic acids is 2. The quantitative estimate of drug-likeness (QED) is 0.885. The molecule has 4 heteroatoms. The number of nitrogens with zero attached hydrogens (tertiary/aromatic N) is 1. The van der Waals surface area contributed by atoms with Crippen molar-refractivity contribution in [3.8, 4) is 0 Å². The van der Waals surface area contributed by atoms with Gasteiger partial charge in [0.25, 0.3) is 0 Å². The second-order valence-electron chi connectivity index (χ2n) is 5.69. The maximum atomic E-state index is 12.6. The molecule has 0 bridgehead atoms. The van der Waals surface area contributed by atoms with Crippen LogP contribution in [0.25, 0.3) is 0 Å². The SMILES string of the molecule is CC12CCCC1NC(=O)N(Cc1ccccc1)C2=O. The van der Waals surface area contributed by atoms with Gasteiger partial charge in [0.15, 0.2) is 0 Å². The van der Waals surface area contributed by atoms with Crippen LogP contribution in [0.2, 0.25) is 0 Å². The molecule has 0 aromatic heterocycles. The van der Waals surface area contributed by atoms with Crippen molar-refractivity contribution in [1.29, 1.82) is 0 Å². The normalized spacial score (nSPS) is 30.2. The number of hydrogen-bond donors (Lipinski definition) is 1. The molecular weight excluding hydrogens is 240 g/mol. The molecule has 2 unspecified atom stereocenters. The van der Waals surface area contributed by atoms with E-state index in [2.05, 4.69) is 5.32 Å². The first kappa shape index (κ1) is 12.2. The summed E-state index contributed by atoms with van der Waals surface area (Å²) in [5.41, 5.74) is 0.564. The summed E-state index contributed by atoms with van der Waals surface area (Å²) in [7, 11) is 0. The Bertz CT molecular complexity index is 514. The molecule has 0 spiro atoms. The zero-order chi connectivity index (χ0) is 13.5. The van der Waals surface area contributed by atoms with Crippen molar-refractivity contribution in [1.82, 2.24) is 10.2 Å². The molecule has 0 radical (unpaired) electrons. The molecule has 1 aliphatic carbocycles. The molecule has 1 aliphatic heterocycles. The van der Waals surface area contributed by atoms with Gasteiger partial charge >= 0.3 is 6.03 Å². The number of hydrogen-bond acceptors (Lipinski definition) is 2. The summed E-state index contributed by atoms with van der Waals surface area (Å²) in [6.07, 6.45) is 2.78. The van der Waals surface area contributed by atoms with Crippen LogP contribution in [-0.4, -0.2) is 22.9 Å². The Hall–Kier alpha value is -1.84. The summed E-state index contributed by atoms with van der Waals surface area (Å²) in [5, 5.41) is 2.99. The molecule has 3 amide bonds. The fourth-order valence-electron chi connectivity index (χ4n) is 3.19. The highest BCUT2D eigenvalue weighted by atomic mass is 16.2. The highest BCUT2D eigenvalue weighted by Gasteiger charge is 2.52. The molecular formula is C15H18N2O2. The Morgan fingerprint density at radius 2 is 2.05 bits per heavy atom. The van der Waals surface area contributed by atoms with E-state index in [1.54, 1.807) is 0 Å². The predicted octanol–water partition coefficient (Wildman–Crippen LogP) is 2.30. The van der Waals surface area contributed by atoms with Gasteiger partial charge in [-0.05, 0) is 25.3 Å². The Morgan fingerprint density at radius 1 is 1.32 bits per heavy atom. The fourth-order valence-corrected chi connectivity index (χ4v) is 3.19. The molecule has 4 nitrogen and oxygen atoms in total. The smallest absolute Gasteiger partial charge is 0.324 e. The third-order valence-electron chi connectivity index (χ3n) is 4.42. The van der Waals surface area contributed by atoms with E-state index in [1.165, 1.54) is 4.90 Å². The second kappa shape index (κ2) is 4.37. The first-order valence-electron chi connectivity index (χ1n) is 6.78. The van der Waals surface area contributed by atoms with Gasteiger partial charge in [-0.1, -0.05) is 36.8 Å². The molecule has 2 fully saturated rings. The van der Waals surface area contributed by atoms with Gasteiger partial charge in [0.2, 0.25) is 5.91 Å². The van der Waals surface area contributed by atoms with E-state index in [1.807, 2.05) is 37.3 Å². The number of benzene rings is 1. The van der Waals surface area contributed by atoms with E-state index in [4.69, 9.17) is 0 Å². The number of urea groups is 1. The molecule has 100 valence electrons. The van der Waals surface area contributed by atoms with Gasteiger partial charge in [0.1, 0.15) is 0 Å². The van der Waals surface area contributed by atoms with Crippen molar-refractivity contribution in [2.75, 3.05) is 0 Å². The molecule has 3 rings (SSSR count). The minimum Gasteiger partial charge on any atom is -0.334 e. The zero-order valence-electron chi connectivity index (χ0n) is 11.1. The highest BCUT2D eigenvalue weighted by Crippen LogP contribution is 2.42. The van der Waals surface area contributed by atoms with E-state index >= 15 is 0 Å². The lowest BCUT2D eigenvalue weighted by molar-refractivity contribution is -0.141. The summed E-state index contributed by atoms with van der Waals surface area (Å²) in [6.45, 7) is 2.33. The highest BCUT2D eigenvalue weighted by molar-refractivity contribution is 6.00. The summed E-state index contributed by atoms with van der Waals surface area (Å²) in [4.78, 5) is 26.1. The lowest BCUT2D eigenvalue weighted by Gasteiger charge is -2.40. The lowest BCUT2D eigenvalue weighted by Crippen LogP contribution is -2.62. The average molecular weight is 258 g/mol. The fraction of sp³-hybridized carbons (Fsp3) is 0.467. The van der Waals surface area contributed by atoms with Crippen molar-refractivity contribution in [2.45, 2.75) is 38.8 Å². The average Bonchev–Trinajstić information content (AvgIpc) is 2.79. The van der Waals surface area contributed by atoms with E-state index in [-0.39, 0.29) is 18.0 Å². The van der Waals surface area contributed by atoms with Gasteiger partial charge in [-0.25, -0.2) is 4.79 Å². The third kappa shape index (κ3) is 1.91. The van der Waals surface area contributed by atoms with Crippen molar-refractivity contribution in [2.24, 2.45) is 5.41 Å². The van der Waals surface area contributed by atoms with Crippen LogP contribution in [0.4, 0.5) is 4.79 Å². The van der Waals surface area contributed by atoms with Gasteiger partial charge in [-0.15, -0.1) is 0 Å². The molecule has 1 heterocycles. The van der Waals surface area contributed by atoms with Crippen molar-refractivity contribution in [3.63, 3.8) is 0 Å². The summed E-state index contributed by atoms with van der Waals surface area (Å²) in [5.74, 6) is -0.0254. The summed E-state index contributed by atoms with van der Waals surface area (Å²) < 4.78 is 0. The molecule has 19 heavy (non-hydrogen) atoms. The molecule has 2 atom stereocenters. The minimum absolute atomic E-state index is 0.0134. The molecule has 1 N–H and O–H groups in total. The summed E-state index contributed by atoms with van der Waals surface area (Å²) in [6, 6.07) is 9.39. The van der Waals surface area contributed by atoms with E-state index in [9.17, 15) is 9.59 Å². The van der Waals surface area contributed by atoms with Crippen LogP contribution in [0, 0.1) is 5.41 Å². The van der Waals surface area contributed by atoms with Crippen LogP contribution >= 0.6 is 0 Å². The van der Waals surface area contributed by atoms with Crippen LogP contribution < -0.4 is 5.32 Å². The number of carbonyl (C=O) groups is 2. The zero-order valence-corrected chi connectivity index (χ0v) is 11.1. The number of amides is 3. The lowest BCUT2D eigenvalue weighted by atomic mass is 9.81. The Kier molecular flexibility index (Phi) is 2.81. The van der Waals surface area contributed by atoms with Gasteiger partial charge < -0.3 is 5.32 Å². The van der Waals surface area contributed by atoms with Crippen LogP contribution in [-0.2, 0) is 11.3 Å². The topological polar surface area (TPSA) is 49.4 Å². The molecule has 1 saturated carbocycles. The van der Waals surface area contributed by atoms with Crippen LogP contribution in [0.3, 0.4) is 0 Å². The third-order valence-corrected chi connectivity index (χ3v) is 4.42. The standard InChI is InChI=1S/C15H18N2O2/c1-15-9-5-8-12(15)16-14(19)17(13(15)18)10-11-6-3-2-4-7-11/h2-4,6-7,12H,5,8-10H2,1H3,(H,16,19). The number of rotatable bonds is 2. The monoisotopic (exact) mass is 258 g/mol. The second-order valence-corrected chi connectivity index (χ2v) is 5.69. The van der Waals surface area contributed by atoms with Crippen LogP contribution in [0.15, 0.2) is 30.3 Å². The van der Waals surface area contributed by atoms with Gasteiger partial charge in [0, 0.05) is 6.04 Å². The largest absolute Gasteiger partial charge is 0.334 e. The minimum atomic E-state index is -0.414. The van der Waals surface area contributed by atoms with E-state index < -0.39 is 5.41 Å². The number of nitrogens with one attached hydrogen (secondary N) is 1. The van der Waals surface area contributed by atoms with Crippen LogP contribution in [0.5, 0.6) is 0 Å². The van der Waals surface area contributed by atoms with Crippen LogP contribution in [0.1, 0.15) is 31.7 Å². The van der Waals surface area contributed by atoms with Crippen molar-refractivity contribution >= 4 is 11.9 Å². The predicted molar refractivity (Wildman–Crippen MR) is 71.3 cm³/mol. The van der Waals surface area contributed by atoms with Crippen molar-refractivity contribution < 1.29 is 9.59 Å². The number of fused-ring (bicyclic) bond motifs is 1. The van der Waals surface area contributed by atoms with E-state index in [0.717, 1.165) is 24.8 Å². The Balaban J connectivity index is 1.85. The van der Waals surface area contributed by atoms with E-state index in [0.29, 0.717) is 6.54 Å². The maximum absolute atomic E-state index is 12.6. The van der Waals surface area contributed by atoms with Gasteiger partial charge in [-0.3, -0.25) is 9.69 Å². The van der Waals surface area contributed by atoms with Gasteiger partial charge in [-0.2, -0.15) is 0 Å². The van der Waals surface area contributed by atoms with Crippen molar-refractivity contribution in [3.05, 3.63) is 35.9 Å². The molecule has 2 aliphatic rings.